The molecule has 27 heavy (non-hydrogen) atoms. The van der Waals surface area contributed by atoms with E-state index < -0.39 is 18.1 Å². The summed E-state index contributed by atoms with van der Waals surface area (Å²) >= 11 is 0. The van der Waals surface area contributed by atoms with Crippen molar-refractivity contribution in [2.45, 2.75) is 18.7 Å². The zero-order valence-corrected chi connectivity index (χ0v) is 15.0. The molecule has 3 atom stereocenters. The van der Waals surface area contributed by atoms with Crippen LogP contribution in [0.25, 0.3) is 0 Å². The molecule has 2 amide bonds. The lowest BCUT2D eigenvalue weighted by Gasteiger charge is -2.27. The molecule has 2 aliphatic rings. The zero-order valence-electron chi connectivity index (χ0n) is 15.0. The first-order valence-corrected chi connectivity index (χ1v) is 8.67. The molecule has 7 heteroatoms. The number of likely N-dealkylation sites (tertiary alicyclic amines) is 1. The summed E-state index contributed by atoms with van der Waals surface area (Å²) in [5.41, 5.74) is 1.68. The van der Waals surface area contributed by atoms with Gasteiger partial charge in [0.2, 0.25) is 5.91 Å². The smallest absolute Gasteiger partial charge is 0.261 e. The zero-order chi connectivity index (χ0) is 19.1. The fourth-order valence-electron chi connectivity index (χ4n) is 3.80. The number of ether oxygens (including phenoxy) is 1. The quantitative estimate of drug-likeness (QED) is 0.830. The van der Waals surface area contributed by atoms with Gasteiger partial charge < -0.3 is 9.84 Å². The van der Waals surface area contributed by atoms with Gasteiger partial charge in [0.25, 0.3) is 5.91 Å². The summed E-state index contributed by atoms with van der Waals surface area (Å²) < 4.78 is 5.42. The van der Waals surface area contributed by atoms with E-state index in [2.05, 4.69) is 0 Å². The molecule has 140 valence electrons. The third kappa shape index (κ3) is 2.85. The number of phenolic OH excluding ortho intramolecular Hbond substituents is 1. The molecule has 0 aromatic heterocycles. The number of hydrogen-bond acceptors (Lipinski definition) is 6. The van der Waals surface area contributed by atoms with E-state index in [1.165, 1.54) is 26.3 Å². The molecule has 2 saturated heterocycles. The van der Waals surface area contributed by atoms with Crippen LogP contribution in [0.5, 0.6) is 11.5 Å². The van der Waals surface area contributed by atoms with Crippen molar-refractivity contribution in [3.8, 4) is 11.5 Å². The highest BCUT2D eigenvalue weighted by Gasteiger charge is 2.59. The van der Waals surface area contributed by atoms with E-state index in [9.17, 15) is 14.7 Å². The maximum atomic E-state index is 12.8. The molecule has 2 aromatic rings. The Morgan fingerprint density at radius 1 is 1.11 bits per heavy atom. The Balaban J connectivity index is 1.77. The van der Waals surface area contributed by atoms with Crippen LogP contribution in [0.3, 0.4) is 0 Å². The van der Waals surface area contributed by atoms with Gasteiger partial charge >= 0.3 is 0 Å². The van der Waals surface area contributed by atoms with E-state index in [4.69, 9.17) is 9.57 Å². The summed E-state index contributed by atoms with van der Waals surface area (Å²) in [6, 6.07) is 13.9. The summed E-state index contributed by atoms with van der Waals surface area (Å²) in [4.78, 5) is 32.3. The number of carbonyl (C=O) groups excluding carboxylic acids is 2. The average molecular weight is 368 g/mol. The van der Waals surface area contributed by atoms with Crippen molar-refractivity contribution in [2.75, 3.05) is 14.2 Å². The SMILES string of the molecule is COc1cc(O)ccc1C1C2C(=O)N(C)C(=O)C2ON1Cc1ccccc1. The summed E-state index contributed by atoms with van der Waals surface area (Å²) in [5.74, 6) is -0.780. The van der Waals surface area contributed by atoms with E-state index in [1.54, 1.807) is 11.1 Å². The van der Waals surface area contributed by atoms with Gasteiger partial charge in [0.15, 0.2) is 6.10 Å². The summed E-state index contributed by atoms with van der Waals surface area (Å²) in [6.07, 6.45) is -0.852. The Morgan fingerprint density at radius 2 is 1.85 bits per heavy atom. The number of rotatable bonds is 4. The predicted molar refractivity (Wildman–Crippen MR) is 95.5 cm³/mol. The van der Waals surface area contributed by atoms with Gasteiger partial charge in [0.1, 0.15) is 11.5 Å². The van der Waals surface area contributed by atoms with Gasteiger partial charge in [-0.05, 0) is 17.7 Å². The number of methoxy groups -OCH3 is 1. The first kappa shape index (κ1) is 17.5. The predicted octanol–water partition coefficient (Wildman–Crippen LogP) is 1.87. The van der Waals surface area contributed by atoms with Crippen LogP contribution in [0, 0.1) is 5.92 Å². The van der Waals surface area contributed by atoms with Crippen LogP contribution in [0.1, 0.15) is 17.2 Å². The maximum absolute atomic E-state index is 12.8. The number of carbonyl (C=O) groups is 2. The van der Waals surface area contributed by atoms with Crippen molar-refractivity contribution in [1.29, 1.82) is 0 Å². The standard InChI is InChI=1S/C20H20N2O5/c1-21-19(24)16-17(14-9-8-13(23)10-15(14)26-2)22(27-18(16)20(21)25)11-12-6-4-3-5-7-12/h3-10,16-18,23H,11H2,1-2H3. The van der Waals surface area contributed by atoms with Crippen LogP contribution in [-0.2, 0) is 21.0 Å². The van der Waals surface area contributed by atoms with Crippen LogP contribution in [0.2, 0.25) is 0 Å². The van der Waals surface area contributed by atoms with Gasteiger partial charge in [-0.3, -0.25) is 19.3 Å². The molecule has 0 radical (unpaired) electrons. The normalized spacial score (nSPS) is 25.1. The number of hydroxylamine groups is 2. The number of likely N-dealkylation sites (N-methyl/N-ethyl adjacent to an activating group) is 1. The molecule has 0 bridgehead atoms. The molecule has 0 saturated carbocycles. The number of phenols is 1. The molecule has 0 spiro atoms. The minimum absolute atomic E-state index is 0.0617. The van der Waals surface area contributed by atoms with E-state index >= 15 is 0 Å². The van der Waals surface area contributed by atoms with E-state index in [0.717, 1.165) is 10.5 Å². The fraction of sp³-hybridized carbons (Fsp3) is 0.300. The number of fused-ring (bicyclic) bond motifs is 1. The fourth-order valence-corrected chi connectivity index (χ4v) is 3.80. The summed E-state index contributed by atoms with van der Waals surface area (Å²) in [6.45, 7) is 0.410. The molecule has 1 N–H and O–H groups in total. The van der Waals surface area contributed by atoms with Gasteiger partial charge in [-0.25, -0.2) is 0 Å². The minimum atomic E-state index is -0.852. The Kier molecular flexibility index (Phi) is 4.33. The second kappa shape index (κ2) is 6.68. The van der Waals surface area contributed by atoms with Gasteiger partial charge in [0.05, 0.1) is 19.1 Å². The highest BCUT2D eigenvalue weighted by Crippen LogP contribution is 2.47. The summed E-state index contributed by atoms with van der Waals surface area (Å²) in [7, 11) is 2.97. The molecule has 7 nitrogen and oxygen atoms in total. The van der Waals surface area contributed by atoms with Crippen molar-refractivity contribution < 1.29 is 24.3 Å². The van der Waals surface area contributed by atoms with Crippen LogP contribution >= 0.6 is 0 Å². The minimum Gasteiger partial charge on any atom is -0.508 e. The Bertz CT molecular complexity index is 885. The number of amides is 2. The van der Waals surface area contributed by atoms with Crippen LogP contribution in [0.4, 0.5) is 0 Å². The second-order valence-corrected chi connectivity index (χ2v) is 6.72. The van der Waals surface area contributed by atoms with Crippen molar-refractivity contribution >= 4 is 11.8 Å². The van der Waals surface area contributed by atoms with Crippen LogP contribution in [-0.4, -0.2) is 47.1 Å². The second-order valence-electron chi connectivity index (χ2n) is 6.72. The van der Waals surface area contributed by atoms with Gasteiger partial charge in [-0.15, -0.1) is 0 Å². The highest BCUT2D eigenvalue weighted by atomic mass is 16.7. The Hall–Kier alpha value is -2.90. The van der Waals surface area contributed by atoms with Crippen molar-refractivity contribution in [3.05, 3.63) is 59.7 Å². The van der Waals surface area contributed by atoms with Crippen LogP contribution < -0.4 is 4.74 Å². The third-order valence-corrected chi connectivity index (χ3v) is 5.13. The number of imide groups is 1. The molecule has 2 fully saturated rings. The topological polar surface area (TPSA) is 79.3 Å². The monoisotopic (exact) mass is 368 g/mol. The molecule has 0 aliphatic carbocycles. The van der Waals surface area contributed by atoms with Gasteiger partial charge in [0, 0.05) is 25.2 Å². The molecule has 2 heterocycles. The number of benzene rings is 2. The summed E-state index contributed by atoms with van der Waals surface area (Å²) in [5, 5.41) is 11.5. The maximum Gasteiger partial charge on any atom is 0.261 e. The first-order valence-electron chi connectivity index (χ1n) is 8.67. The molecule has 3 unspecified atom stereocenters. The average Bonchev–Trinajstić information content (AvgIpc) is 3.14. The lowest BCUT2D eigenvalue weighted by atomic mass is 9.90. The lowest BCUT2D eigenvalue weighted by molar-refractivity contribution is -0.183. The lowest BCUT2D eigenvalue weighted by Crippen LogP contribution is -2.34. The largest absolute Gasteiger partial charge is 0.508 e. The third-order valence-electron chi connectivity index (χ3n) is 5.13. The Labute approximate surface area is 156 Å². The van der Waals surface area contributed by atoms with Gasteiger partial charge in [-0.1, -0.05) is 30.3 Å². The molecule has 2 aliphatic heterocycles. The van der Waals surface area contributed by atoms with Crippen molar-refractivity contribution in [2.24, 2.45) is 5.92 Å². The number of nitrogens with zero attached hydrogens (tertiary/aromatic N) is 2. The van der Waals surface area contributed by atoms with E-state index in [-0.39, 0.29) is 17.6 Å². The molecular weight excluding hydrogens is 348 g/mol. The highest BCUT2D eigenvalue weighted by molar-refractivity contribution is 6.07. The van der Waals surface area contributed by atoms with Crippen molar-refractivity contribution in [3.63, 3.8) is 0 Å². The van der Waals surface area contributed by atoms with Crippen LogP contribution in [0.15, 0.2) is 48.5 Å². The van der Waals surface area contributed by atoms with Crippen molar-refractivity contribution in [1.82, 2.24) is 9.96 Å². The number of hydrogen-bond donors (Lipinski definition) is 1. The molecule has 4 rings (SSSR count). The Morgan fingerprint density at radius 3 is 2.56 bits per heavy atom. The molecule has 2 aromatic carbocycles. The number of aromatic hydroxyl groups is 1. The molecular formula is C20H20N2O5. The van der Waals surface area contributed by atoms with E-state index in [0.29, 0.717) is 17.9 Å². The van der Waals surface area contributed by atoms with E-state index in [1.807, 2.05) is 30.3 Å². The van der Waals surface area contributed by atoms with Gasteiger partial charge in [-0.2, -0.15) is 5.06 Å². The first-order chi connectivity index (χ1) is 13.0.